The molecule has 0 aliphatic rings. The Kier molecular flexibility index (Phi) is 4.63. The van der Waals surface area contributed by atoms with E-state index in [1.165, 1.54) is 0 Å². The van der Waals surface area contributed by atoms with Gasteiger partial charge >= 0.3 is 30.4 Å². The standard InChI is InChI=1S/C6HF9O3/c7-2(8)3(9)17-5(12,13)6(14,15)18-4(10,11)1-16/h1H. The number of hydrogen-bond acceptors (Lipinski definition) is 3. The van der Waals surface area contributed by atoms with Crippen molar-refractivity contribution in [2.45, 2.75) is 18.3 Å². The Morgan fingerprint density at radius 1 is 0.889 bits per heavy atom. The van der Waals surface area contributed by atoms with Crippen LogP contribution in [0.4, 0.5) is 39.5 Å². The molecule has 0 bridgehead atoms. The number of carbonyl (C=O) groups excluding carboxylic acids is 1. The number of ether oxygens (including phenoxy) is 2. The molecular formula is C6HF9O3. The van der Waals surface area contributed by atoms with Gasteiger partial charge in [-0.05, 0) is 0 Å². The van der Waals surface area contributed by atoms with Gasteiger partial charge in [0, 0.05) is 0 Å². The van der Waals surface area contributed by atoms with Crippen molar-refractivity contribution in [1.82, 2.24) is 0 Å². The molecule has 0 saturated carbocycles. The molecule has 0 aliphatic carbocycles. The van der Waals surface area contributed by atoms with E-state index in [4.69, 9.17) is 0 Å². The van der Waals surface area contributed by atoms with Crippen LogP contribution in [0.15, 0.2) is 12.1 Å². The normalized spacial score (nSPS) is 13.2. The Labute approximate surface area is 91.8 Å². The molecule has 0 atom stereocenters. The molecule has 0 saturated heterocycles. The van der Waals surface area contributed by atoms with Crippen molar-refractivity contribution in [3.05, 3.63) is 12.1 Å². The van der Waals surface area contributed by atoms with Crippen molar-refractivity contribution >= 4 is 6.29 Å². The highest BCUT2D eigenvalue weighted by atomic mass is 19.3. The maximum absolute atomic E-state index is 12.3. The molecule has 0 unspecified atom stereocenters. The summed E-state index contributed by atoms with van der Waals surface area (Å²) in [7, 11) is 0. The zero-order chi connectivity index (χ0) is 14.8. The third-order valence-electron chi connectivity index (χ3n) is 1.11. The second kappa shape index (κ2) is 5.04. The molecule has 18 heavy (non-hydrogen) atoms. The van der Waals surface area contributed by atoms with Crippen LogP contribution >= 0.6 is 0 Å². The molecule has 12 heteroatoms. The lowest BCUT2D eigenvalue weighted by Crippen LogP contribution is -2.49. The molecule has 0 aliphatic heterocycles. The van der Waals surface area contributed by atoms with E-state index in [2.05, 4.69) is 9.47 Å². The smallest absolute Gasteiger partial charge is 0.396 e. The highest BCUT2D eigenvalue weighted by Gasteiger charge is 2.66. The lowest BCUT2D eigenvalue weighted by atomic mass is 10.5. The first-order valence-corrected chi connectivity index (χ1v) is 3.54. The molecule has 0 rings (SSSR count). The van der Waals surface area contributed by atoms with Crippen molar-refractivity contribution in [2.75, 3.05) is 0 Å². The van der Waals surface area contributed by atoms with Gasteiger partial charge in [0.2, 0.25) is 6.29 Å². The quantitative estimate of drug-likeness (QED) is 0.429. The van der Waals surface area contributed by atoms with Crippen molar-refractivity contribution < 1.29 is 53.8 Å². The Hall–Kier alpha value is -1.46. The fourth-order valence-electron chi connectivity index (χ4n) is 0.465. The van der Waals surface area contributed by atoms with Crippen LogP contribution in [0.3, 0.4) is 0 Å². The monoisotopic (exact) mass is 292 g/mol. The van der Waals surface area contributed by atoms with Gasteiger partial charge in [0.05, 0.1) is 0 Å². The van der Waals surface area contributed by atoms with Crippen molar-refractivity contribution in [2.24, 2.45) is 0 Å². The second-order valence-corrected chi connectivity index (χ2v) is 2.45. The Bertz CT molecular complexity index is 346. The van der Waals surface area contributed by atoms with Gasteiger partial charge in [-0.1, -0.05) is 0 Å². The summed E-state index contributed by atoms with van der Waals surface area (Å²) in [6.45, 7) is 0. The van der Waals surface area contributed by atoms with Crippen LogP contribution in [0.1, 0.15) is 0 Å². The highest BCUT2D eigenvalue weighted by molar-refractivity contribution is 5.57. The predicted molar refractivity (Wildman–Crippen MR) is 33.4 cm³/mol. The Morgan fingerprint density at radius 2 is 1.33 bits per heavy atom. The van der Waals surface area contributed by atoms with Crippen LogP contribution in [0.5, 0.6) is 0 Å². The zero-order valence-electron chi connectivity index (χ0n) is 7.70. The lowest BCUT2D eigenvalue weighted by Gasteiger charge is -2.26. The molecule has 0 heterocycles. The fourth-order valence-corrected chi connectivity index (χ4v) is 0.465. The first kappa shape index (κ1) is 16.5. The van der Waals surface area contributed by atoms with Crippen molar-refractivity contribution in [3.8, 4) is 0 Å². The molecule has 0 aromatic rings. The lowest BCUT2D eigenvalue weighted by molar-refractivity contribution is -0.466. The number of halogens is 9. The molecule has 0 aromatic heterocycles. The minimum Gasteiger partial charge on any atom is -0.396 e. The van der Waals surface area contributed by atoms with Crippen LogP contribution < -0.4 is 0 Å². The first-order valence-electron chi connectivity index (χ1n) is 3.54. The number of alkyl halides is 6. The molecule has 0 fully saturated rings. The van der Waals surface area contributed by atoms with Gasteiger partial charge < -0.3 is 4.74 Å². The summed E-state index contributed by atoms with van der Waals surface area (Å²) in [6, 6.07) is -3.42. The third-order valence-corrected chi connectivity index (χ3v) is 1.11. The van der Waals surface area contributed by atoms with Crippen LogP contribution in [0.2, 0.25) is 0 Å². The van der Waals surface area contributed by atoms with Crippen molar-refractivity contribution in [1.29, 1.82) is 0 Å². The fraction of sp³-hybridized carbons (Fsp3) is 0.500. The van der Waals surface area contributed by atoms with Gasteiger partial charge in [0.15, 0.2) is 0 Å². The van der Waals surface area contributed by atoms with E-state index < -0.39 is 36.7 Å². The van der Waals surface area contributed by atoms with E-state index in [9.17, 15) is 44.3 Å². The predicted octanol–water partition coefficient (Wildman–Crippen LogP) is 3.03. The van der Waals surface area contributed by atoms with Gasteiger partial charge in [-0.2, -0.15) is 39.5 Å². The SMILES string of the molecule is O=CC(F)(F)OC(F)(F)C(F)(F)OC(F)=C(F)F. The van der Waals surface area contributed by atoms with E-state index in [0.717, 1.165) is 0 Å². The van der Waals surface area contributed by atoms with Gasteiger partial charge in [-0.15, -0.1) is 0 Å². The number of rotatable bonds is 6. The van der Waals surface area contributed by atoms with E-state index in [1.54, 1.807) is 0 Å². The molecular weight excluding hydrogens is 291 g/mol. The van der Waals surface area contributed by atoms with E-state index in [1.807, 2.05) is 0 Å². The largest absolute Gasteiger partial charge is 0.496 e. The summed E-state index contributed by atoms with van der Waals surface area (Å²) in [5, 5.41) is 0. The minimum atomic E-state index is -6.25. The highest BCUT2D eigenvalue weighted by Crippen LogP contribution is 2.41. The molecule has 0 aromatic carbocycles. The van der Waals surface area contributed by atoms with Gasteiger partial charge in [-0.3, -0.25) is 4.79 Å². The molecule has 0 amide bonds. The Morgan fingerprint density at radius 3 is 1.67 bits per heavy atom. The van der Waals surface area contributed by atoms with Crippen LogP contribution in [-0.2, 0) is 14.3 Å². The topological polar surface area (TPSA) is 35.5 Å². The summed E-state index contributed by atoms with van der Waals surface area (Å²) in [5.41, 5.74) is 0. The zero-order valence-corrected chi connectivity index (χ0v) is 7.70. The number of carbonyl (C=O) groups is 1. The van der Waals surface area contributed by atoms with E-state index in [0.29, 0.717) is 0 Å². The minimum absolute atomic E-state index is 1.57. The van der Waals surface area contributed by atoms with E-state index >= 15 is 0 Å². The van der Waals surface area contributed by atoms with Crippen LogP contribution in [0, 0.1) is 0 Å². The summed E-state index contributed by atoms with van der Waals surface area (Å²) in [5.74, 6) is 0. The maximum Gasteiger partial charge on any atom is 0.496 e. The summed E-state index contributed by atoms with van der Waals surface area (Å²) < 4.78 is 112. The average Bonchev–Trinajstić information content (AvgIpc) is 2.15. The Balaban J connectivity index is 5.09. The molecule has 0 N–H and O–H groups in total. The van der Waals surface area contributed by atoms with Crippen molar-refractivity contribution in [3.63, 3.8) is 0 Å². The van der Waals surface area contributed by atoms with E-state index in [-0.39, 0.29) is 0 Å². The first-order chi connectivity index (χ1) is 7.84. The average molecular weight is 292 g/mol. The van der Waals surface area contributed by atoms with Gasteiger partial charge in [0.25, 0.3) is 0 Å². The molecule has 0 spiro atoms. The number of aldehydes is 1. The molecule has 3 nitrogen and oxygen atoms in total. The summed E-state index contributed by atoms with van der Waals surface area (Å²) in [6.07, 6.45) is -22.9. The number of hydrogen-bond donors (Lipinski definition) is 0. The molecule has 106 valence electrons. The summed E-state index contributed by atoms with van der Waals surface area (Å²) >= 11 is 0. The van der Waals surface area contributed by atoms with Crippen LogP contribution in [0.25, 0.3) is 0 Å². The van der Waals surface area contributed by atoms with Gasteiger partial charge in [-0.25, -0.2) is 4.74 Å². The van der Waals surface area contributed by atoms with Crippen LogP contribution in [-0.4, -0.2) is 24.6 Å². The molecule has 0 radical (unpaired) electrons. The van der Waals surface area contributed by atoms with Gasteiger partial charge in [0.1, 0.15) is 0 Å². The third kappa shape index (κ3) is 4.09. The second-order valence-electron chi connectivity index (χ2n) is 2.45. The maximum atomic E-state index is 12.3. The summed E-state index contributed by atoms with van der Waals surface area (Å²) in [4.78, 5) is 9.46.